The van der Waals surface area contributed by atoms with E-state index in [0.29, 0.717) is 12.8 Å². The summed E-state index contributed by atoms with van der Waals surface area (Å²) in [5.74, 6) is 0.287. The number of phenols is 1. The van der Waals surface area contributed by atoms with Gasteiger partial charge in [0.15, 0.2) is 0 Å². The molecule has 0 saturated heterocycles. The van der Waals surface area contributed by atoms with E-state index in [1.165, 1.54) is 5.56 Å². The number of aldehydes is 1. The standard InChI is InChI=1S/C13H19NO2/c1-14(2)8-7-11-5-6-13(16)12(10-11)4-3-9-15/h5-6,9-10,16H,3-4,7-8H2,1-2H3. The van der Waals surface area contributed by atoms with E-state index in [-0.39, 0.29) is 5.75 Å². The van der Waals surface area contributed by atoms with E-state index in [1.807, 2.05) is 26.2 Å². The van der Waals surface area contributed by atoms with Crippen LogP contribution in [0.15, 0.2) is 18.2 Å². The number of aryl methyl sites for hydroxylation is 1. The zero-order valence-corrected chi connectivity index (χ0v) is 9.94. The molecule has 1 aromatic carbocycles. The minimum atomic E-state index is 0.287. The van der Waals surface area contributed by atoms with Crippen LogP contribution in [0.2, 0.25) is 0 Å². The highest BCUT2D eigenvalue weighted by atomic mass is 16.3. The molecule has 1 N–H and O–H groups in total. The van der Waals surface area contributed by atoms with Gasteiger partial charge in [-0.1, -0.05) is 12.1 Å². The molecule has 0 atom stereocenters. The van der Waals surface area contributed by atoms with Crippen molar-refractivity contribution >= 4 is 6.29 Å². The summed E-state index contributed by atoms with van der Waals surface area (Å²) in [4.78, 5) is 12.4. The van der Waals surface area contributed by atoms with Crippen LogP contribution in [0.1, 0.15) is 17.5 Å². The van der Waals surface area contributed by atoms with E-state index in [0.717, 1.165) is 24.8 Å². The number of rotatable bonds is 6. The van der Waals surface area contributed by atoms with Crippen LogP contribution in [-0.4, -0.2) is 36.9 Å². The maximum atomic E-state index is 10.3. The Labute approximate surface area is 96.7 Å². The van der Waals surface area contributed by atoms with Gasteiger partial charge in [-0.15, -0.1) is 0 Å². The number of carbonyl (C=O) groups excluding carboxylic acids is 1. The van der Waals surface area contributed by atoms with Gasteiger partial charge < -0.3 is 14.8 Å². The summed E-state index contributed by atoms with van der Waals surface area (Å²) in [6, 6.07) is 5.64. The molecule has 0 unspecified atom stereocenters. The number of phenolic OH excluding ortho intramolecular Hbond substituents is 1. The lowest BCUT2D eigenvalue weighted by molar-refractivity contribution is -0.107. The molecule has 0 amide bonds. The number of hydrogen-bond donors (Lipinski definition) is 1. The number of carbonyl (C=O) groups is 1. The third kappa shape index (κ3) is 4.03. The van der Waals surface area contributed by atoms with Crippen LogP contribution in [-0.2, 0) is 17.6 Å². The normalized spacial score (nSPS) is 10.7. The first-order valence-corrected chi connectivity index (χ1v) is 5.52. The van der Waals surface area contributed by atoms with Gasteiger partial charge in [0.25, 0.3) is 0 Å². The Bertz CT molecular complexity index is 348. The number of benzene rings is 1. The second kappa shape index (κ2) is 6.28. The highest BCUT2D eigenvalue weighted by molar-refractivity contribution is 5.51. The summed E-state index contributed by atoms with van der Waals surface area (Å²) in [6.45, 7) is 0.984. The van der Waals surface area contributed by atoms with E-state index >= 15 is 0 Å². The molecular weight excluding hydrogens is 202 g/mol. The summed E-state index contributed by atoms with van der Waals surface area (Å²) in [5, 5.41) is 9.61. The van der Waals surface area contributed by atoms with E-state index in [1.54, 1.807) is 6.07 Å². The van der Waals surface area contributed by atoms with Gasteiger partial charge in [-0.05, 0) is 44.1 Å². The first-order valence-electron chi connectivity index (χ1n) is 5.52. The Balaban J connectivity index is 2.68. The molecular formula is C13H19NO2. The van der Waals surface area contributed by atoms with Gasteiger partial charge >= 0.3 is 0 Å². The molecule has 0 aromatic heterocycles. The Hall–Kier alpha value is -1.35. The molecule has 3 nitrogen and oxygen atoms in total. The topological polar surface area (TPSA) is 40.5 Å². The van der Waals surface area contributed by atoms with Crippen molar-refractivity contribution in [3.05, 3.63) is 29.3 Å². The van der Waals surface area contributed by atoms with Crippen molar-refractivity contribution < 1.29 is 9.90 Å². The lowest BCUT2D eigenvalue weighted by Gasteiger charge is -2.10. The van der Waals surface area contributed by atoms with Gasteiger partial charge in [-0.25, -0.2) is 0 Å². The van der Waals surface area contributed by atoms with Crippen molar-refractivity contribution in [1.29, 1.82) is 0 Å². The van der Waals surface area contributed by atoms with Crippen molar-refractivity contribution in [1.82, 2.24) is 4.90 Å². The minimum Gasteiger partial charge on any atom is -0.508 e. The molecule has 16 heavy (non-hydrogen) atoms. The highest BCUT2D eigenvalue weighted by Crippen LogP contribution is 2.20. The summed E-state index contributed by atoms with van der Waals surface area (Å²) in [5.41, 5.74) is 2.07. The third-order valence-corrected chi connectivity index (χ3v) is 2.52. The van der Waals surface area contributed by atoms with Gasteiger partial charge in [-0.2, -0.15) is 0 Å². The Kier molecular flexibility index (Phi) is 4.99. The summed E-state index contributed by atoms with van der Waals surface area (Å²) < 4.78 is 0. The summed E-state index contributed by atoms with van der Waals surface area (Å²) in [7, 11) is 4.07. The average molecular weight is 221 g/mol. The fourth-order valence-electron chi connectivity index (χ4n) is 1.56. The predicted molar refractivity (Wildman–Crippen MR) is 64.7 cm³/mol. The Morgan fingerprint density at radius 3 is 2.69 bits per heavy atom. The van der Waals surface area contributed by atoms with Gasteiger partial charge in [0.2, 0.25) is 0 Å². The van der Waals surface area contributed by atoms with Gasteiger partial charge in [0.05, 0.1) is 0 Å². The van der Waals surface area contributed by atoms with Crippen LogP contribution in [0.3, 0.4) is 0 Å². The molecule has 88 valence electrons. The molecule has 0 fully saturated rings. The van der Waals surface area contributed by atoms with Crippen LogP contribution in [0.25, 0.3) is 0 Å². The van der Waals surface area contributed by atoms with Crippen molar-refractivity contribution in [3.63, 3.8) is 0 Å². The molecule has 0 saturated carbocycles. The lowest BCUT2D eigenvalue weighted by atomic mass is 10.0. The molecule has 0 aliphatic rings. The average Bonchev–Trinajstić information content (AvgIpc) is 2.26. The maximum Gasteiger partial charge on any atom is 0.120 e. The Morgan fingerprint density at radius 1 is 1.31 bits per heavy atom. The molecule has 1 aromatic rings. The highest BCUT2D eigenvalue weighted by Gasteiger charge is 2.03. The number of aromatic hydroxyl groups is 1. The van der Waals surface area contributed by atoms with Crippen molar-refractivity contribution in [2.45, 2.75) is 19.3 Å². The predicted octanol–water partition coefficient (Wildman–Crippen LogP) is 1.63. The lowest BCUT2D eigenvalue weighted by Crippen LogP contribution is -2.15. The molecule has 1 rings (SSSR count). The van der Waals surface area contributed by atoms with E-state index in [4.69, 9.17) is 0 Å². The van der Waals surface area contributed by atoms with Crippen molar-refractivity contribution in [2.75, 3.05) is 20.6 Å². The second-order valence-electron chi connectivity index (χ2n) is 4.22. The SMILES string of the molecule is CN(C)CCc1ccc(O)c(CCC=O)c1. The molecule has 0 heterocycles. The van der Waals surface area contributed by atoms with Crippen molar-refractivity contribution in [2.24, 2.45) is 0 Å². The largest absolute Gasteiger partial charge is 0.508 e. The fourth-order valence-corrected chi connectivity index (χ4v) is 1.56. The number of nitrogens with zero attached hydrogens (tertiary/aromatic N) is 1. The Morgan fingerprint density at radius 2 is 2.06 bits per heavy atom. The summed E-state index contributed by atoms with van der Waals surface area (Å²) in [6.07, 6.45) is 2.92. The van der Waals surface area contributed by atoms with Gasteiger partial charge in [0, 0.05) is 13.0 Å². The van der Waals surface area contributed by atoms with Crippen molar-refractivity contribution in [3.8, 4) is 5.75 Å². The van der Waals surface area contributed by atoms with Crippen LogP contribution in [0, 0.1) is 0 Å². The molecule has 0 spiro atoms. The second-order valence-corrected chi connectivity index (χ2v) is 4.22. The number of hydrogen-bond acceptors (Lipinski definition) is 3. The fraction of sp³-hybridized carbons (Fsp3) is 0.462. The first-order chi connectivity index (χ1) is 7.63. The van der Waals surface area contributed by atoms with Gasteiger partial charge in [-0.3, -0.25) is 0 Å². The van der Waals surface area contributed by atoms with E-state index in [9.17, 15) is 9.90 Å². The maximum absolute atomic E-state index is 10.3. The van der Waals surface area contributed by atoms with E-state index < -0.39 is 0 Å². The number of likely N-dealkylation sites (N-methyl/N-ethyl adjacent to an activating group) is 1. The van der Waals surface area contributed by atoms with Crippen LogP contribution in [0.4, 0.5) is 0 Å². The van der Waals surface area contributed by atoms with Crippen LogP contribution < -0.4 is 0 Å². The molecule has 0 aliphatic carbocycles. The zero-order valence-electron chi connectivity index (χ0n) is 9.94. The molecule has 0 aliphatic heterocycles. The molecule has 0 bridgehead atoms. The molecule has 0 radical (unpaired) electrons. The van der Waals surface area contributed by atoms with E-state index in [2.05, 4.69) is 4.90 Å². The smallest absolute Gasteiger partial charge is 0.120 e. The van der Waals surface area contributed by atoms with Crippen LogP contribution in [0.5, 0.6) is 5.75 Å². The first kappa shape index (κ1) is 12.7. The minimum absolute atomic E-state index is 0.287. The third-order valence-electron chi connectivity index (χ3n) is 2.52. The molecule has 3 heteroatoms. The quantitative estimate of drug-likeness (QED) is 0.742. The monoisotopic (exact) mass is 221 g/mol. The summed E-state index contributed by atoms with van der Waals surface area (Å²) >= 11 is 0. The zero-order chi connectivity index (χ0) is 12.0. The van der Waals surface area contributed by atoms with Gasteiger partial charge in [0.1, 0.15) is 12.0 Å². The van der Waals surface area contributed by atoms with Crippen LogP contribution >= 0.6 is 0 Å².